The molecule has 1 saturated heterocycles. The molecule has 94 valence electrons. The number of carbonyl (C=O) groups excluding carboxylic acids is 1. The van der Waals surface area contributed by atoms with Crippen LogP contribution in [0.2, 0.25) is 0 Å². The van der Waals surface area contributed by atoms with Gasteiger partial charge < -0.3 is 4.90 Å². The van der Waals surface area contributed by atoms with Crippen LogP contribution in [0.1, 0.15) is 26.7 Å². The van der Waals surface area contributed by atoms with Crippen LogP contribution in [0.4, 0.5) is 0 Å². The van der Waals surface area contributed by atoms with Gasteiger partial charge in [0.05, 0.1) is 12.9 Å². The third-order valence-electron chi connectivity index (χ3n) is 3.04. The first kappa shape index (κ1) is 13.4. The second kappa shape index (κ2) is 4.71. The van der Waals surface area contributed by atoms with Crippen LogP contribution in [0, 0.1) is 5.41 Å². The first-order chi connectivity index (χ1) is 7.22. The average Bonchev–Trinajstić information content (AvgIpc) is 2.15. The quantitative estimate of drug-likeness (QED) is 0.688. The van der Waals surface area contributed by atoms with E-state index in [9.17, 15) is 13.2 Å². The summed E-state index contributed by atoms with van der Waals surface area (Å²) >= 11 is 0. The minimum absolute atomic E-state index is 0.0751. The van der Waals surface area contributed by atoms with E-state index >= 15 is 0 Å². The highest BCUT2D eigenvalue weighted by Crippen LogP contribution is 2.31. The van der Waals surface area contributed by atoms with Crippen molar-refractivity contribution in [1.29, 1.82) is 0 Å². The maximum absolute atomic E-state index is 11.1. The van der Waals surface area contributed by atoms with Gasteiger partial charge in [0.1, 0.15) is 0 Å². The summed E-state index contributed by atoms with van der Waals surface area (Å²) in [7, 11) is -3.37. The van der Waals surface area contributed by atoms with E-state index in [1.165, 1.54) is 0 Å². The zero-order valence-electron chi connectivity index (χ0n) is 10.0. The molecule has 0 spiro atoms. The van der Waals surface area contributed by atoms with E-state index < -0.39 is 10.1 Å². The van der Waals surface area contributed by atoms with E-state index in [-0.39, 0.29) is 17.9 Å². The van der Waals surface area contributed by atoms with Crippen LogP contribution in [0.3, 0.4) is 0 Å². The van der Waals surface area contributed by atoms with Crippen molar-refractivity contribution < 1.29 is 17.4 Å². The van der Waals surface area contributed by atoms with Gasteiger partial charge in [-0.05, 0) is 18.3 Å². The van der Waals surface area contributed by atoms with Crippen LogP contribution in [-0.4, -0.2) is 45.2 Å². The van der Waals surface area contributed by atoms with Crippen LogP contribution < -0.4 is 0 Å². The molecular weight excluding hydrogens is 230 g/mol. The molecule has 0 bridgehead atoms. The van der Waals surface area contributed by atoms with E-state index in [4.69, 9.17) is 4.18 Å². The lowest BCUT2D eigenvalue weighted by Crippen LogP contribution is -2.43. The largest absolute Gasteiger partial charge is 0.343 e. The Kier molecular flexibility index (Phi) is 3.96. The van der Waals surface area contributed by atoms with Gasteiger partial charge in [-0.1, -0.05) is 6.92 Å². The van der Waals surface area contributed by atoms with Gasteiger partial charge in [0.2, 0.25) is 5.91 Å². The number of rotatable bonds is 3. The van der Waals surface area contributed by atoms with Crippen molar-refractivity contribution in [2.75, 3.05) is 26.0 Å². The summed E-state index contributed by atoms with van der Waals surface area (Å²) in [4.78, 5) is 12.9. The summed E-state index contributed by atoms with van der Waals surface area (Å²) in [5.41, 5.74) is -0.144. The Morgan fingerprint density at radius 3 is 2.25 bits per heavy atom. The van der Waals surface area contributed by atoms with Crippen molar-refractivity contribution in [1.82, 2.24) is 4.90 Å². The van der Waals surface area contributed by atoms with Crippen molar-refractivity contribution >= 4 is 16.0 Å². The van der Waals surface area contributed by atoms with E-state index in [1.807, 2.05) is 6.92 Å². The number of hydrogen-bond acceptors (Lipinski definition) is 4. The maximum Gasteiger partial charge on any atom is 0.264 e. The van der Waals surface area contributed by atoms with Gasteiger partial charge in [-0.3, -0.25) is 8.98 Å². The summed E-state index contributed by atoms with van der Waals surface area (Å²) in [5, 5.41) is 0. The highest BCUT2D eigenvalue weighted by molar-refractivity contribution is 7.85. The topological polar surface area (TPSA) is 63.7 Å². The molecule has 1 aliphatic rings. The number of amides is 1. The molecule has 1 fully saturated rings. The molecule has 0 aliphatic carbocycles. The predicted octanol–water partition coefficient (Wildman–Crippen LogP) is 0.611. The number of carbonyl (C=O) groups is 1. The minimum Gasteiger partial charge on any atom is -0.343 e. The Hall–Kier alpha value is -0.620. The fourth-order valence-corrected chi connectivity index (χ4v) is 2.25. The number of nitrogens with zero attached hydrogens (tertiary/aromatic N) is 1. The van der Waals surface area contributed by atoms with Gasteiger partial charge in [0, 0.05) is 20.0 Å². The van der Waals surface area contributed by atoms with Crippen LogP contribution in [0.25, 0.3) is 0 Å². The lowest BCUT2D eigenvalue weighted by Gasteiger charge is -2.38. The number of likely N-dealkylation sites (tertiary alicyclic amines) is 1. The first-order valence-electron chi connectivity index (χ1n) is 5.32. The lowest BCUT2D eigenvalue weighted by atomic mass is 9.81. The van der Waals surface area contributed by atoms with Crippen molar-refractivity contribution in [2.24, 2.45) is 5.41 Å². The normalized spacial score (nSPS) is 20.8. The average molecular weight is 249 g/mol. The van der Waals surface area contributed by atoms with Gasteiger partial charge in [-0.15, -0.1) is 0 Å². The molecule has 0 saturated carbocycles. The molecule has 1 amide bonds. The summed E-state index contributed by atoms with van der Waals surface area (Å²) < 4.78 is 26.6. The number of hydrogen-bond donors (Lipinski definition) is 0. The maximum atomic E-state index is 11.1. The van der Waals surface area contributed by atoms with Crippen molar-refractivity contribution in [3.63, 3.8) is 0 Å². The Morgan fingerprint density at radius 1 is 1.38 bits per heavy atom. The summed E-state index contributed by atoms with van der Waals surface area (Å²) in [6.45, 7) is 5.11. The minimum atomic E-state index is -3.37. The Labute approximate surface area is 96.9 Å². The molecule has 0 aromatic carbocycles. The molecular formula is C10H19NO4S. The molecule has 0 unspecified atom stereocenters. The van der Waals surface area contributed by atoms with Gasteiger partial charge >= 0.3 is 0 Å². The first-order valence-corrected chi connectivity index (χ1v) is 7.13. The Bertz CT molecular complexity index is 355. The molecule has 1 aliphatic heterocycles. The Balaban J connectivity index is 2.47. The highest BCUT2D eigenvalue weighted by atomic mass is 32.2. The van der Waals surface area contributed by atoms with E-state index in [0.29, 0.717) is 13.1 Å². The second-order valence-electron chi connectivity index (χ2n) is 4.78. The SMILES string of the molecule is CC(=O)N1CCC(C)(COS(C)(=O)=O)CC1. The molecule has 16 heavy (non-hydrogen) atoms. The predicted molar refractivity (Wildman–Crippen MR) is 60.4 cm³/mol. The summed E-state index contributed by atoms with van der Waals surface area (Å²) in [6, 6.07) is 0. The van der Waals surface area contributed by atoms with Crippen molar-refractivity contribution in [2.45, 2.75) is 26.7 Å². The van der Waals surface area contributed by atoms with Gasteiger partial charge in [-0.2, -0.15) is 8.42 Å². The monoisotopic (exact) mass is 249 g/mol. The molecule has 0 aromatic rings. The van der Waals surface area contributed by atoms with E-state index in [2.05, 4.69) is 0 Å². The zero-order chi connectivity index (χ0) is 12.4. The fraction of sp³-hybridized carbons (Fsp3) is 0.900. The molecule has 1 rings (SSSR count). The van der Waals surface area contributed by atoms with Crippen LogP contribution in [-0.2, 0) is 19.1 Å². The Morgan fingerprint density at radius 2 is 1.88 bits per heavy atom. The van der Waals surface area contributed by atoms with Gasteiger partial charge in [0.25, 0.3) is 10.1 Å². The van der Waals surface area contributed by atoms with E-state index in [1.54, 1.807) is 11.8 Å². The molecule has 6 heteroatoms. The molecule has 0 radical (unpaired) electrons. The fourth-order valence-electron chi connectivity index (χ4n) is 1.76. The third kappa shape index (κ3) is 4.09. The zero-order valence-corrected chi connectivity index (χ0v) is 10.8. The highest BCUT2D eigenvalue weighted by Gasteiger charge is 2.32. The molecule has 5 nitrogen and oxygen atoms in total. The van der Waals surface area contributed by atoms with Crippen LogP contribution >= 0.6 is 0 Å². The molecule has 0 N–H and O–H groups in total. The van der Waals surface area contributed by atoms with Crippen LogP contribution in [0.15, 0.2) is 0 Å². The van der Waals surface area contributed by atoms with Crippen molar-refractivity contribution in [3.05, 3.63) is 0 Å². The molecule has 0 atom stereocenters. The van der Waals surface area contributed by atoms with Crippen molar-refractivity contribution in [3.8, 4) is 0 Å². The van der Waals surface area contributed by atoms with Gasteiger partial charge in [-0.25, -0.2) is 0 Å². The van der Waals surface area contributed by atoms with E-state index in [0.717, 1.165) is 19.1 Å². The molecule has 0 aromatic heterocycles. The number of piperidine rings is 1. The van der Waals surface area contributed by atoms with Crippen LogP contribution in [0.5, 0.6) is 0 Å². The second-order valence-corrected chi connectivity index (χ2v) is 6.43. The summed E-state index contributed by atoms with van der Waals surface area (Å²) in [6.07, 6.45) is 2.62. The molecule has 1 heterocycles. The summed E-state index contributed by atoms with van der Waals surface area (Å²) in [5.74, 6) is 0.0751. The standard InChI is InChI=1S/C10H19NO4S/c1-9(12)11-6-4-10(2,5-7-11)8-15-16(3,13)14/h4-8H2,1-3H3. The lowest BCUT2D eigenvalue weighted by molar-refractivity contribution is -0.131. The third-order valence-corrected chi connectivity index (χ3v) is 3.58. The smallest absolute Gasteiger partial charge is 0.264 e. The van der Waals surface area contributed by atoms with Gasteiger partial charge in [0.15, 0.2) is 0 Å².